The molecule has 3 N–H and O–H groups in total. The Labute approximate surface area is 87.8 Å². The smallest absolute Gasteiger partial charge is 0.186 e. The summed E-state index contributed by atoms with van der Waals surface area (Å²) in [7, 11) is 0. The third-order valence-corrected chi connectivity index (χ3v) is 2.64. The molecule has 0 spiro atoms. The van der Waals surface area contributed by atoms with Crippen LogP contribution in [-0.2, 0) is 6.54 Å². The van der Waals surface area contributed by atoms with Crippen LogP contribution in [0.3, 0.4) is 0 Å². The van der Waals surface area contributed by atoms with Gasteiger partial charge in [-0.2, -0.15) is 11.8 Å². The third kappa shape index (κ3) is 2.70. The monoisotopic (exact) mass is 213 g/mol. The van der Waals surface area contributed by atoms with Crippen molar-refractivity contribution < 1.29 is 5.21 Å². The summed E-state index contributed by atoms with van der Waals surface area (Å²) in [4.78, 5) is 0. The van der Waals surface area contributed by atoms with E-state index < -0.39 is 0 Å². The summed E-state index contributed by atoms with van der Waals surface area (Å²) in [6.07, 6.45) is 5.11. The maximum atomic E-state index is 8.55. The second-order valence-corrected chi connectivity index (χ2v) is 3.90. The lowest BCUT2D eigenvalue weighted by Gasteiger charge is -2.06. The summed E-state index contributed by atoms with van der Waals surface area (Å²) in [5.41, 5.74) is 6.29. The van der Waals surface area contributed by atoms with E-state index >= 15 is 0 Å². The van der Waals surface area contributed by atoms with Gasteiger partial charge in [0.05, 0.1) is 5.69 Å². The first-order chi connectivity index (χ1) is 6.79. The number of nitrogens with two attached hydrogens (primary N) is 1. The molecule has 0 aliphatic carbocycles. The van der Waals surface area contributed by atoms with Gasteiger partial charge in [0.25, 0.3) is 0 Å². The highest BCUT2D eigenvalue weighted by atomic mass is 32.2. The number of aromatic nitrogens is 1. The molecule has 0 unspecified atom stereocenters. The molecule has 14 heavy (non-hydrogen) atoms. The van der Waals surface area contributed by atoms with Gasteiger partial charge < -0.3 is 15.5 Å². The number of amidine groups is 1. The van der Waals surface area contributed by atoms with Crippen LogP contribution < -0.4 is 5.73 Å². The molecule has 1 heterocycles. The van der Waals surface area contributed by atoms with Gasteiger partial charge >= 0.3 is 0 Å². The lowest BCUT2D eigenvalue weighted by atomic mass is 10.4. The minimum atomic E-state index is 0.166. The average Bonchev–Trinajstić information content (AvgIpc) is 2.65. The largest absolute Gasteiger partial charge is 0.409 e. The maximum Gasteiger partial charge on any atom is 0.186 e. The average molecular weight is 213 g/mol. The number of oxime groups is 1. The molecule has 0 aliphatic heterocycles. The molecular formula is C9H15N3OS. The fourth-order valence-electron chi connectivity index (χ4n) is 1.27. The minimum absolute atomic E-state index is 0.166. The predicted molar refractivity (Wildman–Crippen MR) is 59.9 cm³/mol. The lowest BCUT2D eigenvalue weighted by molar-refractivity contribution is 0.318. The van der Waals surface area contributed by atoms with Crippen molar-refractivity contribution in [3.8, 4) is 0 Å². The fourth-order valence-corrected chi connectivity index (χ4v) is 1.69. The zero-order valence-corrected chi connectivity index (χ0v) is 9.00. The summed E-state index contributed by atoms with van der Waals surface area (Å²) in [5.74, 6) is 1.28. The molecular weight excluding hydrogens is 198 g/mol. The summed E-state index contributed by atoms with van der Waals surface area (Å²) >= 11 is 1.82. The van der Waals surface area contributed by atoms with Gasteiger partial charge in [-0.15, -0.1) is 0 Å². The van der Waals surface area contributed by atoms with Gasteiger partial charge in [0.15, 0.2) is 5.84 Å². The summed E-state index contributed by atoms with van der Waals surface area (Å²) in [6.45, 7) is 0.902. The van der Waals surface area contributed by atoms with E-state index in [1.807, 2.05) is 34.7 Å². The third-order valence-electron chi connectivity index (χ3n) is 1.95. The van der Waals surface area contributed by atoms with E-state index in [1.165, 1.54) is 0 Å². The van der Waals surface area contributed by atoms with Crippen LogP contribution in [0.1, 0.15) is 12.1 Å². The topological polar surface area (TPSA) is 63.5 Å². The van der Waals surface area contributed by atoms with E-state index in [4.69, 9.17) is 10.9 Å². The molecule has 1 rings (SSSR count). The standard InChI is InChI=1S/C9H15N3OS/c1-14-7-3-6-12-5-2-4-8(12)9(10)11-13/h2,4-5,13H,3,6-7H2,1H3,(H2,10,11). The van der Waals surface area contributed by atoms with Crippen LogP contribution in [-0.4, -0.2) is 27.6 Å². The van der Waals surface area contributed by atoms with Crippen LogP contribution in [0.25, 0.3) is 0 Å². The predicted octanol–water partition coefficient (Wildman–Crippen LogP) is 1.34. The summed E-state index contributed by atoms with van der Waals surface area (Å²) < 4.78 is 1.99. The zero-order valence-electron chi connectivity index (χ0n) is 8.18. The molecule has 0 radical (unpaired) electrons. The number of rotatable bonds is 5. The quantitative estimate of drug-likeness (QED) is 0.255. The van der Waals surface area contributed by atoms with Crippen molar-refractivity contribution >= 4 is 17.6 Å². The molecule has 0 saturated carbocycles. The molecule has 0 bridgehead atoms. The van der Waals surface area contributed by atoms with E-state index in [0.29, 0.717) is 0 Å². The van der Waals surface area contributed by atoms with Gasteiger partial charge in [0.2, 0.25) is 0 Å². The van der Waals surface area contributed by atoms with E-state index in [-0.39, 0.29) is 5.84 Å². The Morgan fingerprint density at radius 3 is 3.14 bits per heavy atom. The van der Waals surface area contributed by atoms with Crippen LogP contribution in [0.15, 0.2) is 23.5 Å². The van der Waals surface area contributed by atoms with Gasteiger partial charge in [0, 0.05) is 12.7 Å². The van der Waals surface area contributed by atoms with E-state index in [2.05, 4.69) is 11.4 Å². The first-order valence-corrected chi connectivity index (χ1v) is 5.81. The van der Waals surface area contributed by atoms with Crippen molar-refractivity contribution in [1.29, 1.82) is 0 Å². The number of nitrogens with zero attached hydrogens (tertiary/aromatic N) is 2. The van der Waals surface area contributed by atoms with Gasteiger partial charge in [-0.1, -0.05) is 5.16 Å². The molecule has 0 aliphatic rings. The SMILES string of the molecule is CSCCCn1cccc1/C(N)=N/O. The van der Waals surface area contributed by atoms with Crippen LogP contribution in [0.5, 0.6) is 0 Å². The van der Waals surface area contributed by atoms with Crippen molar-refractivity contribution in [2.24, 2.45) is 10.9 Å². The zero-order chi connectivity index (χ0) is 10.4. The Morgan fingerprint density at radius 1 is 1.71 bits per heavy atom. The van der Waals surface area contributed by atoms with Crippen LogP contribution in [0, 0.1) is 0 Å². The first kappa shape index (κ1) is 11.0. The molecule has 78 valence electrons. The Hall–Kier alpha value is -1.10. The normalized spacial score (nSPS) is 11.9. The Bertz CT molecular complexity index is 309. The van der Waals surface area contributed by atoms with E-state index in [1.54, 1.807) is 0 Å². The van der Waals surface area contributed by atoms with Crippen molar-refractivity contribution in [2.75, 3.05) is 12.0 Å². The summed E-state index contributed by atoms with van der Waals surface area (Å²) in [6, 6.07) is 3.74. The lowest BCUT2D eigenvalue weighted by Crippen LogP contribution is -2.18. The van der Waals surface area contributed by atoms with Crippen molar-refractivity contribution in [1.82, 2.24) is 4.57 Å². The number of thioether (sulfide) groups is 1. The highest BCUT2D eigenvalue weighted by Crippen LogP contribution is 2.05. The second kappa shape index (κ2) is 5.59. The molecule has 4 nitrogen and oxygen atoms in total. The number of hydrogen-bond donors (Lipinski definition) is 2. The molecule has 0 saturated heterocycles. The Morgan fingerprint density at radius 2 is 2.50 bits per heavy atom. The summed E-state index contributed by atoms with van der Waals surface area (Å²) in [5, 5.41) is 11.5. The molecule has 1 aromatic rings. The molecule has 5 heteroatoms. The van der Waals surface area contributed by atoms with Crippen LogP contribution in [0.4, 0.5) is 0 Å². The molecule has 1 aromatic heterocycles. The van der Waals surface area contributed by atoms with Crippen LogP contribution >= 0.6 is 11.8 Å². The number of hydrogen-bond acceptors (Lipinski definition) is 3. The van der Waals surface area contributed by atoms with Crippen molar-refractivity contribution in [3.05, 3.63) is 24.0 Å². The van der Waals surface area contributed by atoms with Crippen LogP contribution in [0.2, 0.25) is 0 Å². The van der Waals surface area contributed by atoms with Crippen molar-refractivity contribution in [3.63, 3.8) is 0 Å². The van der Waals surface area contributed by atoms with Gasteiger partial charge in [-0.05, 0) is 30.6 Å². The molecule has 0 amide bonds. The van der Waals surface area contributed by atoms with Gasteiger partial charge in [0.1, 0.15) is 0 Å². The van der Waals surface area contributed by atoms with E-state index in [0.717, 1.165) is 24.4 Å². The van der Waals surface area contributed by atoms with Gasteiger partial charge in [-0.3, -0.25) is 0 Å². The minimum Gasteiger partial charge on any atom is -0.409 e. The highest BCUT2D eigenvalue weighted by Gasteiger charge is 2.04. The number of aryl methyl sites for hydroxylation is 1. The first-order valence-electron chi connectivity index (χ1n) is 4.41. The maximum absolute atomic E-state index is 8.55. The van der Waals surface area contributed by atoms with Crippen molar-refractivity contribution in [2.45, 2.75) is 13.0 Å². The molecule has 0 atom stereocenters. The molecule has 0 aromatic carbocycles. The van der Waals surface area contributed by atoms with Gasteiger partial charge in [-0.25, -0.2) is 0 Å². The second-order valence-electron chi connectivity index (χ2n) is 2.92. The fraction of sp³-hybridized carbons (Fsp3) is 0.444. The highest BCUT2D eigenvalue weighted by molar-refractivity contribution is 7.98. The Balaban J connectivity index is 2.63. The Kier molecular flexibility index (Phi) is 4.39. The van der Waals surface area contributed by atoms with E-state index in [9.17, 15) is 0 Å². The molecule has 0 fully saturated rings.